The molecule has 8 nitrogen and oxygen atoms in total. The van der Waals surface area contributed by atoms with Gasteiger partial charge in [0.15, 0.2) is 0 Å². The lowest BCUT2D eigenvalue weighted by molar-refractivity contribution is -0.126. The summed E-state index contributed by atoms with van der Waals surface area (Å²) >= 11 is 2.08. The molecule has 4 amide bonds. The monoisotopic (exact) mass is 521 g/mol. The Bertz CT molecular complexity index is 1140. The summed E-state index contributed by atoms with van der Waals surface area (Å²) in [7, 11) is 0. The first-order chi connectivity index (χ1) is 16.8. The Hall–Kier alpha value is -3.25. The topological polar surface area (TPSA) is 96.0 Å². The van der Waals surface area contributed by atoms with E-state index in [2.05, 4.69) is 10.1 Å². The van der Waals surface area contributed by atoms with Crippen molar-refractivity contribution in [2.24, 2.45) is 0 Å². The van der Waals surface area contributed by atoms with Gasteiger partial charge in [0.1, 0.15) is 11.8 Å². The van der Waals surface area contributed by atoms with Gasteiger partial charge in [-0.05, 0) is 59.8 Å². The predicted molar refractivity (Wildman–Crippen MR) is 127 cm³/mol. The summed E-state index contributed by atoms with van der Waals surface area (Å²) in [4.78, 5) is 53.7. The molecule has 2 aliphatic rings. The van der Waals surface area contributed by atoms with E-state index < -0.39 is 23.8 Å². The summed E-state index contributed by atoms with van der Waals surface area (Å²) in [5.74, 6) is -1.01. The summed E-state index contributed by atoms with van der Waals surface area (Å²) in [5, 5.41) is 4.07. The third-order valence-electron chi connectivity index (χ3n) is 5.46. The van der Waals surface area contributed by atoms with Crippen LogP contribution in [0.25, 0.3) is 6.08 Å². The van der Waals surface area contributed by atoms with Gasteiger partial charge in [0.25, 0.3) is 17.1 Å². The third-order valence-corrected chi connectivity index (χ3v) is 7.22. The van der Waals surface area contributed by atoms with Gasteiger partial charge in [0, 0.05) is 19.6 Å². The van der Waals surface area contributed by atoms with Crippen LogP contribution in [0.1, 0.15) is 28.1 Å². The molecule has 0 bridgehead atoms. The smallest absolute Gasteiger partial charge is 0.387 e. The predicted octanol–water partition coefficient (Wildman–Crippen LogP) is 3.81. The van der Waals surface area contributed by atoms with Crippen LogP contribution in [0.4, 0.5) is 13.6 Å². The summed E-state index contributed by atoms with van der Waals surface area (Å²) < 4.78 is 28.8. The fraction of sp³-hybridized carbons (Fsp3) is 0.304. The number of imide groups is 1. The maximum absolute atomic E-state index is 12.7. The van der Waals surface area contributed by atoms with Crippen molar-refractivity contribution in [3.63, 3.8) is 0 Å². The summed E-state index contributed by atoms with van der Waals surface area (Å²) in [6, 6.07) is 8.59. The maximum Gasteiger partial charge on any atom is 0.387 e. The van der Waals surface area contributed by atoms with E-state index in [4.69, 9.17) is 0 Å². The molecule has 184 valence electrons. The number of nitrogens with zero attached hydrogens (tertiary/aromatic N) is 2. The second-order valence-electron chi connectivity index (χ2n) is 7.71. The van der Waals surface area contributed by atoms with Gasteiger partial charge in [-0.3, -0.25) is 24.1 Å². The van der Waals surface area contributed by atoms with E-state index >= 15 is 0 Å². The number of amides is 4. The number of carbonyl (C=O) groups excluding carboxylic acids is 4. The van der Waals surface area contributed by atoms with Gasteiger partial charge >= 0.3 is 6.61 Å². The molecule has 0 saturated carbocycles. The van der Waals surface area contributed by atoms with Crippen LogP contribution in [-0.2, 0) is 9.59 Å². The largest absolute Gasteiger partial charge is 0.435 e. The number of thiophene rings is 1. The van der Waals surface area contributed by atoms with E-state index in [1.807, 2.05) is 0 Å². The van der Waals surface area contributed by atoms with Crippen LogP contribution in [-0.4, -0.2) is 65.0 Å². The van der Waals surface area contributed by atoms with Crippen LogP contribution >= 0.6 is 23.1 Å². The number of thioether (sulfide) groups is 1. The van der Waals surface area contributed by atoms with Crippen molar-refractivity contribution >= 4 is 52.1 Å². The maximum atomic E-state index is 12.7. The number of likely N-dealkylation sites (tertiary alicyclic amines) is 1. The van der Waals surface area contributed by atoms with E-state index in [1.165, 1.54) is 41.7 Å². The Kier molecular flexibility index (Phi) is 7.81. The molecule has 3 heterocycles. The van der Waals surface area contributed by atoms with Crippen LogP contribution in [0.3, 0.4) is 0 Å². The van der Waals surface area contributed by atoms with Crippen LogP contribution in [0.15, 0.2) is 46.7 Å². The summed E-state index contributed by atoms with van der Waals surface area (Å²) in [5.41, 5.74) is 0.544. The third kappa shape index (κ3) is 5.88. The SMILES string of the molecule is O=C(NCCN1C(=O)S/C(=C\c2ccc(OC(F)F)cc2)C1=O)C1CCCN1C(=O)c1cccs1. The zero-order valence-corrected chi connectivity index (χ0v) is 20.0. The van der Waals surface area contributed by atoms with Crippen molar-refractivity contribution in [3.05, 3.63) is 57.1 Å². The number of alkyl halides is 2. The number of carbonyl (C=O) groups is 4. The van der Waals surface area contributed by atoms with Gasteiger partial charge in [-0.2, -0.15) is 8.78 Å². The molecule has 0 aliphatic carbocycles. The molecule has 2 aromatic rings. The molecular weight excluding hydrogens is 500 g/mol. The van der Waals surface area contributed by atoms with Crippen molar-refractivity contribution in [3.8, 4) is 5.75 Å². The number of ether oxygens (including phenoxy) is 1. The number of benzene rings is 1. The first kappa shape index (κ1) is 24.9. The molecule has 35 heavy (non-hydrogen) atoms. The molecule has 0 radical (unpaired) electrons. The molecule has 2 saturated heterocycles. The highest BCUT2D eigenvalue weighted by molar-refractivity contribution is 8.18. The molecule has 1 unspecified atom stereocenters. The molecule has 1 N–H and O–H groups in total. The number of nitrogens with one attached hydrogen (secondary N) is 1. The molecule has 1 aromatic heterocycles. The Morgan fingerprint density at radius 3 is 2.66 bits per heavy atom. The fourth-order valence-electron chi connectivity index (χ4n) is 3.82. The zero-order valence-electron chi connectivity index (χ0n) is 18.3. The summed E-state index contributed by atoms with van der Waals surface area (Å²) in [6.45, 7) is -2.39. The first-order valence-electron chi connectivity index (χ1n) is 10.8. The first-order valence-corrected chi connectivity index (χ1v) is 12.5. The average Bonchev–Trinajstić information content (AvgIpc) is 3.58. The lowest BCUT2D eigenvalue weighted by Gasteiger charge is -2.23. The summed E-state index contributed by atoms with van der Waals surface area (Å²) in [6.07, 6.45) is 2.76. The number of hydrogen-bond acceptors (Lipinski definition) is 7. The quantitative estimate of drug-likeness (QED) is 0.531. The second kappa shape index (κ2) is 11.0. The lowest BCUT2D eigenvalue weighted by atomic mass is 10.2. The van der Waals surface area contributed by atoms with Gasteiger partial charge in [0.05, 0.1) is 9.78 Å². The zero-order chi connectivity index (χ0) is 24.9. The van der Waals surface area contributed by atoms with Crippen LogP contribution in [0.5, 0.6) is 5.75 Å². The van der Waals surface area contributed by atoms with Crippen molar-refractivity contribution < 1.29 is 32.7 Å². The Morgan fingerprint density at radius 2 is 1.97 bits per heavy atom. The Balaban J connectivity index is 1.31. The van der Waals surface area contributed by atoms with Gasteiger partial charge in [-0.15, -0.1) is 11.3 Å². The minimum Gasteiger partial charge on any atom is -0.435 e. The lowest BCUT2D eigenvalue weighted by Crippen LogP contribution is -2.47. The van der Waals surface area contributed by atoms with Gasteiger partial charge in [0.2, 0.25) is 5.91 Å². The van der Waals surface area contributed by atoms with E-state index in [-0.39, 0.29) is 35.6 Å². The van der Waals surface area contributed by atoms with Crippen LogP contribution < -0.4 is 10.1 Å². The minimum absolute atomic E-state index is 0.0134. The molecular formula is C23H21F2N3O5S2. The fourth-order valence-corrected chi connectivity index (χ4v) is 5.37. The highest BCUT2D eigenvalue weighted by atomic mass is 32.2. The average molecular weight is 522 g/mol. The van der Waals surface area contributed by atoms with E-state index in [0.717, 1.165) is 23.1 Å². The number of halogens is 2. The minimum atomic E-state index is -2.93. The van der Waals surface area contributed by atoms with E-state index in [1.54, 1.807) is 22.4 Å². The molecule has 0 spiro atoms. The highest BCUT2D eigenvalue weighted by Crippen LogP contribution is 2.32. The molecule has 1 atom stereocenters. The highest BCUT2D eigenvalue weighted by Gasteiger charge is 2.37. The Morgan fingerprint density at radius 1 is 1.20 bits per heavy atom. The molecule has 2 fully saturated rings. The van der Waals surface area contributed by atoms with Crippen molar-refractivity contribution in [2.45, 2.75) is 25.5 Å². The Labute approximate surface area is 207 Å². The second-order valence-corrected chi connectivity index (χ2v) is 9.65. The molecule has 1 aromatic carbocycles. The standard InChI is InChI=1S/C23H21F2N3O5S2/c24-22(25)33-15-7-5-14(6-8-15)13-18-21(31)28(23(32)35-18)11-9-26-19(29)16-3-1-10-27(16)20(30)17-4-2-12-34-17/h2,4-8,12-13,16,22H,1,3,9-11H2,(H,26,29)/b18-13-. The number of rotatable bonds is 8. The van der Waals surface area contributed by atoms with E-state index in [0.29, 0.717) is 23.4 Å². The van der Waals surface area contributed by atoms with Crippen molar-refractivity contribution in [1.82, 2.24) is 15.1 Å². The van der Waals surface area contributed by atoms with Crippen LogP contribution in [0, 0.1) is 0 Å². The molecule has 12 heteroatoms. The molecule has 4 rings (SSSR count). The van der Waals surface area contributed by atoms with Gasteiger partial charge in [-0.25, -0.2) is 0 Å². The molecule has 2 aliphatic heterocycles. The normalized spacial score (nSPS) is 19.2. The van der Waals surface area contributed by atoms with Crippen molar-refractivity contribution in [2.75, 3.05) is 19.6 Å². The van der Waals surface area contributed by atoms with Gasteiger partial charge < -0.3 is 15.0 Å². The number of hydrogen-bond donors (Lipinski definition) is 1. The van der Waals surface area contributed by atoms with Crippen LogP contribution in [0.2, 0.25) is 0 Å². The van der Waals surface area contributed by atoms with Gasteiger partial charge in [-0.1, -0.05) is 18.2 Å². The van der Waals surface area contributed by atoms with E-state index in [9.17, 15) is 28.0 Å². The van der Waals surface area contributed by atoms with Crippen molar-refractivity contribution in [1.29, 1.82) is 0 Å².